The lowest BCUT2D eigenvalue weighted by atomic mass is 9.92. The summed E-state index contributed by atoms with van der Waals surface area (Å²) in [5.41, 5.74) is -0.608. The van der Waals surface area contributed by atoms with Crippen LogP contribution >= 0.6 is 0 Å². The zero-order chi connectivity index (χ0) is 19.4. The first-order chi connectivity index (χ1) is 12.9. The Hall–Kier alpha value is -3.06. The highest BCUT2D eigenvalue weighted by Crippen LogP contribution is 2.31. The van der Waals surface area contributed by atoms with E-state index in [0.717, 1.165) is 4.90 Å². The fourth-order valence-corrected chi connectivity index (χ4v) is 2.97. The highest BCUT2D eigenvalue weighted by molar-refractivity contribution is 6.07. The molecule has 1 aliphatic heterocycles. The molecule has 0 spiro atoms. The number of urea groups is 1. The van der Waals surface area contributed by atoms with Crippen molar-refractivity contribution in [1.82, 2.24) is 10.2 Å². The molecule has 0 aromatic heterocycles. The number of carbonyl (C=O) groups is 2. The van der Waals surface area contributed by atoms with E-state index in [2.05, 4.69) is 5.32 Å². The number of aliphatic hydroxyl groups is 1. The Balaban J connectivity index is 1.68. The second kappa shape index (κ2) is 7.67. The number of ether oxygens (including phenoxy) is 2. The number of aliphatic hydroxyl groups excluding tert-OH is 1. The topological polar surface area (TPSA) is 88.1 Å². The largest absolute Gasteiger partial charge is 0.497 e. The lowest BCUT2D eigenvalue weighted by Gasteiger charge is -2.23. The summed E-state index contributed by atoms with van der Waals surface area (Å²) in [5.74, 6) is 0.764. The van der Waals surface area contributed by atoms with Crippen LogP contribution in [-0.2, 0) is 10.3 Å². The van der Waals surface area contributed by atoms with Crippen LogP contribution in [-0.4, -0.2) is 48.3 Å². The predicted octanol–water partition coefficient (Wildman–Crippen LogP) is 1.90. The molecule has 0 bridgehead atoms. The third kappa shape index (κ3) is 3.88. The second-order valence-corrected chi connectivity index (χ2v) is 6.48. The SMILES string of the molecule is COc1cccc([C@@]2(C)NC(=O)N(C[C@H](O)COc3ccccc3)C2=O)c1. The van der Waals surface area contributed by atoms with Gasteiger partial charge in [-0.1, -0.05) is 30.3 Å². The smallest absolute Gasteiger partial charge is 0.325 e. The molecule has 1 aliphatic rings. The number of imide groups is 1. The third-order valence-electron chi connectivity index (χ3n) is 4.50. The van der Waals surface area contributed by atoms with Crippen molar-refractivity contribution in [3.8, 4) is 11.5 Å². The van der Waals surface area contributed by atoms with Crippen molar-refractivity contribution in [2.45, 2.75) is 18.6 Å². The molecule has 2 atom stereocenters. The van der Waals surface area contributed by atoms with Gasteiger partial charge in [-0.15, -0.1) is 0 Å². The van der Waals surface area contributed by atoms with Crippen LogP contribution in [0.5, 0.6) is 11.5 Å². The molecule has 1 heterocycles. The standard InChI is InChI=1S/C20H22N2O5/c1-20(14-7-6-10-17(11-14)26-2)18(24)22(19(25)21-20)12-15(23)13-27-16-8-4-3-5-9-16/h3-11,15,23H,12-13H2,1-2H3,(H,21,25)/t15-,20+/m0/s1. The average Bonchev–Trinajstić information content (AvgIpc) is 2.91. The van der Waals surface area contributed by atoms with E-state index >= 15 is 0 Å². The van der Waals surface area contributed by atoms with E-state index in [1.165, 1.54) is 7.11 Å². The van der Waals surface area contributed by atoms with Crippen molar-refractivity contribution >= 4 is 11.9 Å². The number of hydrogen-bond acceptors (Lipinski definition) is 5. The van der Waals surface area contributed by atoms with Crippen molar-refractivity contribution in [3.63, 3.8) is 0 Å². The van der Waals surface area contributed by atoms with E-state index < -0.39 is 23.6 Å². The maximum absolute atomic E-state index is 12.9. The number of para-hydroxylation sites is 1. The van der Waals surface area contributed by atoms with Crippen molar-refractivity contribution < 1.29 is 24.2 Å². The zero-order valence-corrected chi connectivity index (χ0v) is 15.2. The number of hydrogen-bond donors (Lipinski definition) is 2. The van der Waals surface area contributed by atoms with Crippen molar-refractivity contribution in [2.75, 3.05) is 20.3 Å². The zero-order valence-electron chi connectivity index (χ0n) is 15.2. The Kier molecular flexibility index (Phi) is 5.32. The molecular formula is C20H22N2O5. The Morgan fingerprint density at radius 3 is 2.52 bits per heavy atom. The minimum absolute atomic E-state index is 0.0308. The summed E-state index contributed by atoms with van der Waals surface area (Å²) in [6, 6.07) is 15.4. The number of β-amino-alcohol motifs (C(OH)–C–C–N with tert-alkyl or cyclic N) is 1. The summed E-state index contributed by atoms with van der Waals surface area (Å²) in [6.45, 7) is 1.45. The molecule has 0 radical (unpaired) electrons. The van der Waals surface area contributed by atoms with Gasteiger partial charge in [0.1, 0.15) is 29.7 Å². The van der Waals surface area contributed by atoms with Gasteiger partial charge in [0.15, 0.2) is 0 Å². The van der Waals surface area contributed by atoms with Crippen LogP contribution in [0.25, 0.3) is 0 Å². The quantitative estimate of drug-likeness (QED) is 0.727. The molecule has 7 nitrogen and oxygen atoms in total. The second-order valence-electron chi connectivity index (χ2n) is 6.48. The van der Waals surface area contributed by atoms with Gasteiger partial charge in [-0.3, -0.25) is 9.69 Å². The first kappa shape index (κ1) is 18.7. The maximum Gasteiger partial charge on any atom is 0.325 e. The van der Waals surface area contributed by atoms with E-state index in [-0.39, 0.29) is 13.2 Å². The molecule has 7 heteroatoms. The average molecular weight is 370 g/mol. The van der Waals surface area contributed by atoms with Gasteiger partial charge >= 0.3 is 6.03 Å². The van der Waals surface area contributed by atoms with Crippen LogP contribution < -0.4 is 14.8 Å². The summed E-state index contributed by atoms with van der Waals surface area (Å²) in [5, 5.41) is 12.9. The molecule has 1 saturated heterocycles. The van der Waals surface area contributed by atoms with Gasteiger partial charge < -0.3 is 19.9 Å². The monoisotopic (exact) mass is 370 g/mol. The van der Waals surface area contributed by atoms with E-state index in [0.29, 0.717) is 17.1 Å². The van der Waals surface area contributed by atoms with Gasteiger partial charge in [0, 0.05) is 0 Å². The van der Waals surface area contributed by atoms with E-state index in [1.54, 1.807) is 43.3 Å². The number of rotatable bonds is 7. The number of methoxy groups -OCH3 is 1. The van der Waals surface area contributed by atoms with Crippen molar-refractivity contribution in [3.05, 3.63) is 60.2 Å². The molecule has 2 aromatic rings. The summed E-state index contributed by atoms with van der Waals surface area (Å²) in [7, 11) is 1.53. The normalized spacial score (nSPS) is 20.3. The van der Waals surface area contributed by atoms with E-state index in [4.69, 9.17) is 9.47 Å². The summed E-state index contributed by atoms with van der Waals surface area (Å²) >= 11 is 0. The molecule has 3 amide bonds. The maximum atomic E-state index is 12.9. The fraction of sp³-hybridized carbons (Fsp3) is 0.300. The molecule has 2 aromatic carbocycles. The lowest BCUT2D eigenvalue weighted by Crippen LogP contribution is -2.42. The van der Waals surface area contributed by atoms with Crippen LogP contribution in [0.15, 0.2) is 54.6 Å². The Morgan fingerprint density at radius 2 is 1.81 bits per heavy atom. The van der Waals surface area contributed by atoms with Crippen molar-refractivity contribution in [1.29, 1.82) is 0 Å². The molecule has 0 saturated carbocycles. The Bertz CT molecular complexity index is 826. The van der Waals surface area contributed by atoms with Crippen LogP contribution in [0.3, 0.4) is 0 Å². The van der Waals surface area contributed by atoms with Gasteiger partial charge in [-0.2, -0.15) is 0 Å². The number of amides is 3. The molecule has 0 unspecified atom stereocenters. The summed E-state index contributed by atoms with van der Waals surface area (Å²) < 4.78 is 10.7. The fourth-order valence-electron chi connectivity index (χ4n) is 2.97. The van der Waals surface area contributed by atoms with Gasteiger partial charge in [-0.05, 0) is 36.8 Å². The van der Waals surface area contributed by atoms with Crippen LogP contribution in [0.2, 0.25) is 0 Å². The highest BCUT2D eigenvalue weighted by atomic mass is 16.5. The minimum Gasteiger partial charge on any atom is -0.497 e. The minimum atomic E-state index is -1.22. The molecule has 0 aliphatic carbocycles. The van der Waals surface area contributed by atoms with Gasteiger partial charge in [0.25, 0.3) is 5.91 Å². The molecule has 1 fully saturated rings. The van der Waals surface area contributed by atoms with Crippen molar-refractivity contribution in [2.24, 2.45) is 0 Å². The first-order valence-corrected chi connectivity index (χ1v) is 8.58. The molecule has 3 rings (SSSR count). The van der Waals surface area contributed by atoms with E-state index in [9.17, 15) is 14.7 Å². The third-order valence-corrected chi connectivity index (χ3v) is 4.50. The predicted molar refractivity (Wildman–Crippen MR) is 98.5 cm³/mol. The van der Waals surface area contributed by atoms with Crippen LogP contribution in [0.4, 0.5) is 4.79 Å². The Morgan fingerprint density at radius 1 is 1.11 bits per heavy atom. The lowest BCUT2D eigenvalue weighted by molar-refractivity contribution is -0.132. The number of nitrogens with one attached hydrogen (secondary N) is 1. The van der Waals surface area contributed by atoms with Crippen LogP contribution in [0.1, 0.15) is 12.5 Å². The van der Waals surface area contributed by atoms with Gasteiger partial charge in [-0.25, -0.2) is 4.79 Å². The summed E-state index contributed by atoms with van der Waals surface area (Å²) in [4.78, 5) is 26.3. The van der Waals surface area contributed by atoms with E-state index in [1.807, 2.05) is 18.2 Å². The van der Waals surface area contributed by atoms with Crippen LogP contribution in [0, 0.1) is 0 Å². The molecule has 27 heavy (non-hydrogen) atoms. The number of nitrogens with zero attached hydrogens (tertiary/aromatic N) is 1. The number of benzene rings is 2. The van der Waals surface area contributed by atoms with Gasteiger partial charge in [0.2, 0.25) is 0 Å². The molecule has 2 N–H and O–H groups in total. The number of carbonyl (C=O) groups excluding carboxylic acids is 2. The van der Waals surface area contributed by atoms with Gasteiger partial charge in [0.05, 0.1) is 13.7 Å². The first-order valence-electron chi connectivity index (χ1n) is 8.58. The molecular weight excluding hydrogens is 348 g/mol. The molecule has 142 valence electrons. The Labute approximate surface area is 157 Å². The highest BCUT2D eigenvalue weighted by Gasteiger charge is 2.49. The summed E-state index contributed by atoms with van der Waals surface area (Å²) in [6.07, 6.45) is -1.01.